The molecule has 0 atom stereocenters. The summed E-state index contributed by atoms with van der Waals surface area (Å²) in [6, 6.07) is 13.0. The van der Waals surface area contributed by atoms with Gasteiger partial charge in [-0.2, -0.15) is 0 Å². The molecule has 0 spiro atoms. The molecule has 0 fully saturated rings. The van der Waals surface area contributed by atoms with Gasteiger partial charge in [-0.3, -0.25) is 14.4 Å². The second-order valence-electron chi connectivity index (χ2n) is 6.85. The van der Waals surface area contributed by atoms with Crippen LogP contribution in [0.15, 0.2) is 58.8 Å². The molecule has 7 nitrogen and oxygen atoms in total. The molecule has 0 aliphatic carbocycles. The van der Waals surface area contributed by atoms with Crippen LogP contribution < -0.4 is 16.2 Å². The molecule has 3 rings (SSSR count). The molecule has 8 heteroatoms. The quantitative estimate of drug-likeness (QED) is 0.516. The monoisotopic (exact) mass is 424 g/mol. The number of thiazole rings is 1. The van der Waals surface area contributed by atoms with Crippen molar-refractivity contribution < 1.29 is 9.59 Å². The Kier molecular flexibility index (Phi) is 7.51. The van der Waals surface area contributed by atoms with Gasteiger partial charge < -0.3 is 15.2 Å². The average Bonchev–Trinajstić information content (AvgIpc) is 3.19. The normalized spacial score (nSPS) is 10.6. The molecule has 2 heterocycles. The molecule has 0 saturated carbocycles. The first-order chi connectivity index (χ1) is 14.5. The highest BCUT2D eigenvalue weighted by Crippen LogP contribution is 2.25. The summed E-state index contributed by atoms with van der Waals surface area (Å²) in [5.41, 5.74) is 2.86. The van der Waals surface area contributed by atoms with Gasteiger partial charge in [0.2, 0.25) is 11.8 Å². The first-order valence-electron chi connectivity index (χ1n) is 9.76. The summed E-state index contributed by atoms with van der Waals surface area (Å²) in [7, 11) is 0. The van der Waals surface area contributed by atoms with Gasteiger partial charge in [-0.15, -0.1) is 11.3 Å². The predicted octanol–water partition coefficient (Wildman–Crippen LogP) is 3.07. The summed E-state index contributed by atoms with van der Waals surface area (Å²) in [5, 5.41) is 8.03. The zero-order valence-corrected chi connectivity index (χ0v) is 17.6. The molecule has 2 aromatic heterocycles. The Morgan fingerprint density at radius 2 is 1.93 bits per heavy atom. The summed E-state index contributed by atoms with van der Waals surface area (Å²) >= 11 is 1.37. The summed E-state index contributed by atoms with van der Waals surface area (Å²) < 4.78 is 1.50. The number of aromatic nitrogens is 2. The maximum absolute atomic E-state index is 12.2. The standard InChI is InChI=1S/C22H24N4O3S/c1-16(27)23-12-4-5-17-7-9-18(10-8-17)19-15-30-22(24-19)25-20(28)11-14-26-13-3-2-6-21(26)29/h2-3,6-10,13,15H,4-5,11-12,14H2,1H3,(H,23,27)(H,24,25,28). The number of carbonyl (C=O) groups excluding carboxylic acids is 2. The Balaban J connectivity index is 1.50. The minimum Gasteiger partial charge on any atom is -0.356 e. The molecule has 0 aliphatic rings. The lowest BCUT2D eigenvalue weighted by atomic mass is 10.1. The zero-order valence-electron chi connectivity index (χ0n) is 16.8. The van der Waals surface area contributed by atoms with E-state index < -0.39 is 0 Å². The van der Waals surface area contributed by atoms with E-state index >= 15 is 0 Å². The largest absolute Gasteiger partial charge is 0.356 e. The second-order valence-corrected chi connectivity index (χ2v) is 7.71. The first-order valence-corrected chi connectivity index (χ1v) is 10.6. The fourth-order valence-corrected chi connectivity index (χ4v) is 3.65. The molecule has 30 heavy (non-hydrogen) atoms. The molecule has 0 saturated heterocycles. The molecule has 2 N–H and O–H groups in total. The third kappa shape index (κ3) is 6.38. The molecular formula is C22H24N4O3S. The van der Waals surface area contributed by atoms with Gasteiger partial charge >= 0.3 is 0 Å². The highest BCUT2D eigenvalue weighted by molar-refractivity contribution is 7.14. The van der Waals surface area contributed by atoms with Crippen LogP contribution in [-0.4, -0.2) is 27.9 Å². The predicted molar refractivity (Wildman–Crippen MR) is 119 cm³/mol. The number of benzene rings is 1. The van der Waals surface area contributed by atoms with E-state index in [1.54, 1.807) is 18.3 Å². The van der Waals surface area contributed by atoms with Crippen LogP contribution in [0.25, 0.3) is 11.3 Å². The number of pyridine rings is 1. The lowest BCUT2D eigenvalue weighted by Gasteiger charge is -2.05. The van der Waals surface area contributed by atoms with Crippen molar-refractivity contribution in [2.75, 3.05) is 11.9 Å². The molecule has 0 bridgehead atoms. The summed E-state index contributed by atoms with van der Waals surface area (Å²) in [4.78, 5) is 39.2. The van der Waals surface area contributed by atoms with Crippen molar-refractivity contribution >= 4 is 28.3 Å². The van der Waals surface area contributed by atoms with Gasteiger partial charge in [-0.05, 0) is 24.5 Å². The van der Waals surface area contributed by atoms with Gasteiger partial charge in [-0.25, -0.2) is 4.98 Å². The Bertz CT molecular complexity index is 1060. The molecule has 3 aromatic rings. The van der Waals surface area contributed by atoms with E-state index in [1.807, 2.05) is 17.5 Å². The number of carbonyl (C=O) groups is 2. The molecule has 1 aromatic carbocycles. The van der Waals surface area contributed by atoms with Crippen LogP contribution in [-0.2, 0) is 22.6 Å². The smallest absolute Gasteiger partial charge is 0.250 e. The highest BCUT2D eigenvalue weighted by atomic mass is 32.1. The minimum absolute atomic E-state index is 0.00856. The summed E-state index contributed by atoms with van der Waals surface area (Å²) in [5.74, 6) is -0.188. The van der Waals surface area contributed by atoms with Crippen LogP contribution in [0.3, 0.4) is 0 Å². The Morgan fingerprint density at radius 1 is 1.13 bits per heavy atom. The number of rotatable bonds is 9. The number of anilines is 1. The third-order valence-electron chi connectivity index (χ3n) is 4.50. The lowest BCUT2D eigenvalue weighted by molar-refractivity contribution is -0.119. The average molecular weight is 425 g/mol. The molecule has 156 valence electrons. The SMILES string of the molecule is CC(=O)NCCCc1ccc(-c2csc(NC(=O)CCn3ccccc3=O)n2)cc1. The molecule has 0 radical (unpaired) electrons. The second kappa shape index (κ2) is 10.5. The zero-order chi connectivity index (χ0) is 21.3. The minimum atomic E-state index is -0.179. The fraction of sp³-hybridized carbons (Fsp3) is 0.273. The van der Waals surface area contributed by atoms with Gasteiger partial charge in [0.1, 0.15) is 0 Å². The van der Waals surface area contributed by atoms with E-state index in [1.165, 1.54) is 34.5 Å². The Labute approximate surface area is 178 Å². The Hall–Kier alpha value is -3.26. The topological polar surface area (TPSA) is 93.1 Å². The van der Waals surface area contributed by atoms with Crippen molar-refractivity contribution in [1.29, 1.82) is 0 Å². The van der Waals surface area contributed by atoms with Crippen molar-refractivity contribution in [3.8, 4) is 11.3 Å². The lowest BCUT2D eigenvalue weighted by Crippen LogP contribution is -2.21. The van der Waals surface area contributed by atoms with Crippen LogP contribution in [0.4, 0.5) is 5.13 Å². The van der Waals surface area contributed by atoms with Crippen molar-refractivity contribution in [1.82, 2.24) is 14.9 Å². The summed E-state index contributed by atoms with van der Waals surface area (Å²) in [6.45, 7) is 2.52. The van der Waals surface area contributed by atoms with E-state index in [0.717, 1.165) is 24.1 Å². The fourth-order valence-electron chi connectivity index (χ4n) is 2.91. The molecule has 0 aliphatic heterocycles. The maximum Gasteiger partial charge on any atom is 0.250 e. The van der Waals surface area contributed by atoms with Crippen LogP contribution in [0.5, 0.6) is 0 Å². The van der Waals surface area contributed by atoms with E-state index in [4.69, 9.17) is 0 Å². The van der Waals surface area contributed by atoms with Gasteiger partial charge in [0.05, 0.1) is 5.69 Å². The van der Waals surface area contributed by atoms with E-state index in [-0.39, 0.29) is 23.8 Å². The number of hydrogen-bond acceptors (Lipinski definition) is 5. The van der Waals surface area contributed by atoms with Gasteiger partial charge in [0.15, 0.2) is 5.13 Å². The number of amides is 2. The number of aryl methyl sites for hydroxylation is 2. The van der Waals surface area contributed by atoms with E-state index in [2.05, 4.69) is 27.8 Å². The van der Waals surface area contributed by atoms with Crippen molar-refractivity contribution in [2.45, 2.75) is 32.7 Å². The Morgan fingerprint density at radius 3 is 2.67 bits per heavy atom. The van der Waals surface area contributed by atoms with Crippen LogP contribution in [0.2, 0.25) is 0 Å². The molecular weight excluding hydrogens is 400 g/mol. The van der Waals surface area contributed by atoms with Gasteiger partial charge in [-0.1, -0.05) is 30.3 Å². The first kappa shape index (κ1) is 21.4. The van der Waals surface area contributed by atoms with Crippen molar-refractivity contribution in [3.63, 3.8) is 0 Å². The van der Waals surface area contributed by atoms with Crippen LogP contribution >= 0.6 is 11.3 Å². The number of nitrogens with zero attached hydrogens (tertiary/aromatic N) is 2. The van der Waals surface area contributed by atoms with Crippen LogP contribution in [0, 0.1) is 0 Å². The molecule has 0 unspecified atom stereocenters. The van der Waals surface area contributed by atoms with Crippen molar-refractivity contribution in [2.24, 2.45) is 0 Å². The van der Waals surface area contributed by atoms with E-state index in [9.17, 15) is 14.4 Å². The van der Waals surface area contributed by atoms with Crippen molar-refractivity contribution in [3.05, 3.63) is 70.0 Å². The number of hydrogen-bond donors (Lipinski definition) is 2. The van der Waals surface area contributed by atoms with E-state index in [0.29, 0.717) is 18.2 Å². The highest BCUT2D eigenvalue weighted by Gasteiger charge is 2.09. The number of nitrogens with one attached hydrogen (secondary N) is 2. The summed E-state index contributed by atoms with van der Waals surface area (Å²) in [6.07, 6.45) is 3.65. The van der Waals surface area contributed by atoms with Gasteiger partial charge in [0.25, 0.3) is 5.56 Å². The molecule has 2 amide bonds. The maximum atomic E-state index is 12.2. The van der Waals surface area contributed by atoms with Gasteiger partial charge in [0, 0.05) is 49.6 Å². The third-order valence-corrected chi connectivity index (χ3v) is 5.25. The van der Waals surface area contributed by atoms with Crippen LogP contribution in [0.1, 0.15) is 25.3 Å².